The Morgan fingerprint density at radius 1 is 1.26 bits per heavy atom. The molecule has 2 saturated heterocycles. The van der Waals surface area contributed by atoms with E-state index in [1.54, 1.807) is 7.11 Å². The zero-order chi connectivity index (χ0) is 19.2. The Balaban J connectivity index is 1.39. The molecule has 3 heterocycles. The fraction of sp³-hybridized carbons (Fsp3) is 0.750. The highest BCUT2D eigenvalue weighted by molar-refractivity contribution is 5.81. The summed E-state index contributed by atoms with van der Waals surface area (Å²) in [5.74, 6) is 1.11. The number of carbonyl (C=O) groups is 2. The van der Waals surface area contributed by atoms with Gasteiger partial charge in [0.15, 0.2) is 0 Å². The summed E-state index contributed by atoms with van der Waals surface area (Å²) in [7, 11) is 1.71. The molecule has 0 radical (unpaired) electrons. The molecule has 2 aliphatic heterocycles. The fourth-order valence-corrected chi connectivity index (χ4v) is 4.88. The first kappa shape index (κ1) is 18.5. The van der Waals surface area contributed by atoms with Crippen LogP contribution in [0.1, 0.15) is 55.5 Å². The number of likely N-dealkylation sites (tertiary alicyclic amines) is 2. The molecule has 1 aliphatic carbocycles. The first-order valence-electron chi connectivity index (χ1n) is 9.88. The van der Waals surface area contributed by atoms with Crippen molar-refractivity contribution in [3.05, 3.63) is 17.0 Å². The van der Waals surface area contributed by atoms with Gasteiger partial charge in [0.1, 0.15) is 5.76 Å². The molecule has 0 aromatic carbocycles. The number of amides is 2. The second-order valence-electron chi connectivity index (χ2n) is 8.71. The van der Waals surface area contributed by atoms with Crippen LogP contribution in [0.15, 0.2) is 4.52 Å². The van der Waals surface area contributed by atoms with Crippen molar-refractivity contribution >= 4 is 11.8 Å². The Morgan fingerprint density at radius 2 is 2.04 bits per heavy atom. The van der Waals surface area contributed by atoms with Gasteiger partial charge in [-0.25, -0.2) is 0 Å². The lowest BCUT2D eigenvalue weighted by atomic mass is 9.77. The maximum Gasteiger partial charge on any atom is 0.225 e. The summed E-state index contributed by atoms with van der Waals surface area (Å²) in [5, 5.41) is 3.99. The molecule has 1 atom stereocenters. The molecule has 1 aromatic rings. The van der Waals surface area contributed by atoms with Gasteiger partial charge in [0.2, 0.25) is 11.8 Å². The summed E-state index contributed by atoms with van der Waals surface area (Å²) >= 11 is 0. The standard InChI is InChI=1S/C20H29N3O4/c1-14-16(15(2)27-21-14)11-23-13-19(9-17(23)24)7-8-22(12-19)18(25)10-20(26-3)5-4-6-20/h4-13H2,1-3H3. The Morgan fingerprint density at radius 3 is 2.63 bits per heavy atom. The molecule has 2 amide bonds. The highest BCUT2D eigenvalue weighted by Gasteiger charge is 2.49. The van der Waals surface area contributed by atoms with Gasteiger partial charge < -0.3 is 19.1 Å². The van der Waals surface area contributed by atoms with Crippen LogP contribution in [0.25, 0.3) is 0 Å². The third kappa shape index (κ3) is 3.26. The summed E-state index contributed by atoms with van der Waals surface area (Å²) in [6.45, 7) is 6.45. The van der Waals surface area contributed by atoms with Crippen LogP contribution in [-0.2, 0) is 20.9 Å². The minimum absolute atomic E-state index is 0.106. The van der Waals surface area contributed by atoms with Crippen molar-refractivity contribution in [2.24, 2.45) is 5.41 Å². The number of methoxy groups -OCH3 is 1. The van der Waals surface area contributed by atoms with E-state index in [0.29, 0.717) is 32.5 Å². The maximum atomic E-state index is 12.8. The van der Waals surface area contributed by atoms with Crippen molar-refractivity contribution in [3.8, 4) is 0 Å². The largest absolute Gasteiger partial charge is 0.378 e. The average Bonchev–Trinajstić information content (AvgIpc) is 3.25. The molecule has 4 rings (SSSR count). The van der Waals surface area contributed by atoms with Crippen molar-refractivity contribution in [1.29, 1.82) is 0 Å². The van der Waals surface area contributed by atoms with E-state index in [1.165, 1.54) is 0 Å². The molecule has 0 N–H and O–H groups in total. The SMILES string of the molecule is COC1(CC(=O)N2CCC3(CC(=O)N(Cc4c(C)noc4C)C3)C2)CCC1. The molecule has 0 bridgehead atoms. The number of rotatable bonds is 5. The van der Waals surface area contributed by atoms with Gasteiger partial charge in [0.05, 0.1) is 24.3 Å². The fourth-order valence-electron chi connectivity index (χ4n) is 4.88. The summed E-state index contributed by atoms with van der Waals surface area (Å²) in [6.07, 6.45) is 4.96. The number of carbonyl (C=O) groups excluding carboxylic acids is 2. The molecule has 27 heavy (non-hydrogen) atoms. The first-order chi connectivity index (χ1) is 12.9. The van der Waals surface area contributed by atoms with Crippen LogP contribution in [0.5, 0.6) is 0 Å². The van der Waals surface area contributed by atoms with Gasteiger partial charge in [-0.05, 0) is 39.5 Å². The lowest BCUT2D eigenvalue weighted by Crippen LogP contribution is -2.45. The molecule has 1 aromatic heterocycles. The Bertz CT molecular complexity index is 729. The summed E-state index contributed by atoms with van der Waals surface area (Å²) in [5.41, 5.74) is 1.49. The van der Waals surface area contributed by atoms with Crippen molar-refractivity contribution in [3.63, 3.8) is 0 Å². The Labute approximate surface area is 160 Å². The van der Waals surface area contributed by atoms with E-state index in [1.807, 2.05) is 23.6 Å². The van der Waals surface area contributed by atoms with Crippen LogP contribution in [-0.4, -0.2) is 59.1 Å². The van der Waals surface area contributed by atoms with Crippen molar-refractivity contribution in [2.75, 3.05) is 26.7 Å². The second kappa shape index (κ2) is 6.62. The van der Waals surface area contributed by atoms with E-state index < -0.39 is 0 Å². The first-order valence-corrected chi connectivity index (χ1v) is 9.88. The number of nitrogens with zero attached hydrogens (tertiary/aromatic N) is 3. The smallest absolute Gasteiger partial charge is 0.225 e. The molecule has 3 aliphatic rings. The molecule has 1 unspecified atom stereocenters. The predicted molar refractivity (Wildman–Crippen MR) is 97.8 cm³/mol. The summed E-state index contributed by atoms with van der Waals surface area (Å²) in [6, 6.07) is 0. The number of ether oxygens (including phenoxy) is 1. The third-order valence-electron chi connectivity index (χ3n) is 6.90. The number of hydrogen-bond acceptors (Lipinski definition) is 5. The molecule has 1 saturated carbocycles. The molecule has 7 nitrogen and oxygen atoms in total. The van der Waals surface area contributed by atoms with Gasteiger partial charge in [-0.2, -0.15) is 0 Å². The van der Waals surface area contributed by atoms with Crippen LogP contribution in [0.3, 0.4) is 0 Å². The van der Waals surface area contributed by atoms with Gasteiger partial charge >= 0.3 is 0 Å². The van der Waals surface area contributed by atoms with E-state index in [0.717, 1.165) is 49.2 Å². The van der Waals surface area contributed by atoms with Gasteiger partial charge in [0, 0.05) is 44.1 Å². The predicted octanol–water partition coefficient (Wildman–Crippen LogP) is 2.20. The zero-order valence-corrected chi connectivity index (χ0v) is 16.5. The van der Waals surface area contributed by atoms with Crippen LogP contribution >= 0.6 is 0 Å². The van der Waals surface area contributed by atoms with Crippen LogP contribution in [0.4, 0.5) is 0 Å². The zero-order valence-electron chi connectivity index (χ0n) is 16.5. The van der Waals surface area contributed by atoms with Gasteiger partial charge in [-0.1, -0.05) is 5.16 Å². The van der Waals surface area contributed by atoms with Gasteiger partial charge in [-0.15, -0.1) is 0 Å². The van der Waals surface area contributed by atoms with Crippen molar-refractivity contribution < 1.29 is 18.8 Å². The van der Waals surface area contributed by atoms with Gasteiger partial charge in [-0.3, -0.25) is 9.59 Å². The molecular weight excluding hydrogens is 346 g/mol. The van der Waals surface area contributed by atoms with E-state index in [9.17, 15) is 9.59 Å². The molecular formula is C20H29N3O4. The topological polar surface area (TPSA) is 75.9 Å². The minimum atomic E-state index is -0.242. The molecule has 148 valence electrons. The molecule has 7 heteroatoms. The monoisotopic (exact) mass is 375 g/mol. The quantitative estimate of drug-likeness (QED) is 0.789. The Kier molecular flexibility index (Phi) is 4.53. The lowest BCUT2D eigenvalue weighted by Gasteiger charge is -2.40. The maximum absolute atomic E-state index is 12.8. The van der Waals surface area contributed by atoms with Gasteiger partial charge in [0.25, 0.3) is 0 Å². The van der Waals surface area contributed by atoms with E-state index >= 15 is 0 Å². The minimum Gasteiger partial charge on any atom is -0.378 e. The normalized spacial score (nSPS) is 26.9. The third-order valence-corrected chi connectivity index (χ3v) is 6.90. The molecule has 3 fully saturated rings. The van der Waals surface area contributed by atoms with Crippen molar-refractivity contribution in [2.45, 2.75) is 64.5 Å². The van der Waals surface area contributed by atoms with E-state index in [2.05, 4.69) is 5.16 Å². The summed E-state index contributed by atoms with van der Waals surface area (Å²) < 4.78 is 10.8. The van der Waals surface area contributed by atoms with Crippen LogP contribution in [0, 0.1) is 19.3 Å². The highest BCUT2D eigenvalue weighted by atomic mass is 16.5. The van der Waals surface area contributed by atoms with Crippen molar-refractivity contribution in [1.82, 2.24) is 15.0 Å². The average molecular weight is 375 g/mol. The second-order valence-corrected chi connectivity index (χ2v) is 8.71. The highest BCUT2D eigenvalue weighted by Crippen LogP contribution is 2.43. The summed E-state index contributed by atoms with van der Waals surface area (Å²) in [4.78, 5) is 29.3. The van der Waals surface area contributed by atoms with Crippen LogP contribution < -0.4 is 0 Å². The number of aromatic nitrogens is 1. The van der Waals surface area contributed by atoms with E-state index in [4.69, 9.17) is 9.26 Å². The lowest BCUT2D eigenvalue weighted by molar-refractivity contribution is -0.143. The van der Waals surface area contributed by atoms with E-state index in [-0.39, 0.29) is 22.8 Å². The Hall–Kier alpha value is -1.89. The van der Waals surface area contributed by atoms with Crippen LogP contribution in [0.2, 0.25) is 0 Å². The molecule has 1 spiro atoms. The number of aryl methyl sites for hydroxylation is 2. The number of hydrogen-bond donors (Lipinski definition) is 0.